The van der Waals surface area contributed by atoms with Gasteiger partial charge in [0.2, 0.25) is 0 Å². The van der Waals surface area contributed by atoms with E-state index in [1.54, 1.807) is 6.07 Å². The highest BCUT2D eigenvalue weighted by Crippen LogP contribution is 1.92. The van der Waals surface area contributed by atoms with Crippen LogP contribution < -0.4 is 5.56 Å². The number of carboxylic acids is 2. The lowest BCUT2D eigenvalue weighted by molar-refractivity contribution is -0.165. The van der Waals surface area contributed by atoms with Gasteiger partial charge < -0.3 is 20.4 Å². The smallest absolute Gasteiger partial charge is 0.335 e. The molecule has 9 heteroatoms. The highest BCUT2D eigenvalue weighted by Gasteiger charge is 2.29. The first kappa shape index (κ1) is 14.7. The molecular formula is C8H10N2O7. The number of hydrogen-bond donors (Lipinski definition) is 5. The molecule has 2 atom stereocenters. The Bertz CT molecular complexity index is 394. The number of aromatic amines is 1. The fourth-order valence-corrected chi connectivity index (χ4v) is 0.582. The van der Waals surface area contributed by atoms with Crippen molar-refractivity contribution >= 4 is 11.9 Å². The van der Waals surface area contributed by atoms with Gasteiger partial charge in [0.1, 0.15) is 0 Å². The summed E-state index contributed by atoms with van der Waals surface area (Å²) in [5.74, 6) is -3.54. The lowest BCUT2D eigenvalue weighted by Crippen LogP contribution is -2.39. The predicted octanol–water partition coefficient (Wildman–Crippen LogP) is -2.35. The van der Waals surface area contributed by atoms with Gasteiger partial charge in [0, 0.05) is 12.3 Å². The van der Waals surface area contributed by atoms with Crippen molar-refractivity contribution in [3.8, 4) is 0 Å². The van der Waals surface area contributed by atoms with Crippen molar-refractivity contribution in [3.63, 3.8) is 0 Å². The first-order valence-corrected chi connectivity index (χ1v) is 4.17. The molecule has 1 heterocycles. The number of hydrogen-bond acceptors (Lipinski definition) is 6. The van der Waals surface area contributed by atoms with E-state index < -0.39 is 24.1 Å². The predicted molar refractivity (Wildman–Crippen MR) is 52.1 cm³/mol. The third-order valence-corrected chi connectivity index (χ3v) is 1.39. The van der Waals surface area contributed by atoms with Crippen molar-refractivity contribution in [2.24, 2.45) is 0 Å². The number of aliphatic hydroxyl groups is 2. The number of nitrogens with one attached hydrogen (secondary N) is 1. The van der Waals surface area contributed by atoms with Gasteiger partial charge in [-0.2, -0.15) is 5.10 Å². The van der Waals surface area contributed by atoms with Crippen LogP contribution >= 0.6 is 0 Å². The Balaban J connectivity index is 0.000000318. The molecule has 17 heavy (non-hydrogen) atoms. The Hall–Kier alpha value is -2.26. The minimum atomic E-state index is -2.27. The lowest BCUT2D eigenvalue weighted by atomic mass is 10.2. The topological polar surface area (TPSA) is 161 Å². The summed E-state index contributed by atoms with van der Waals surface area (Å²) in [6.45, 7) is 0. The van der Waals surface area contributed by atoms with E-state index in [9.17, 15) is 14.4 Å². The van der Waals surface area contributed by atoms with E-state index in [0.29, 0.717) is 0 Å². The summed E-state index contributed by atoms with van der Waals surface area (Å²) in [5.41, 5.74) is -0.164. The van der Waals surface area contributed by atoms with Crippen molar-refractivity contribution in [3.05, 3.63) is 28.7 Å². The molecule has 0 amide bonds. The summed E-state index contributed by atoms with van der Waals surface area (Å²) in [4.78, 5) is 29.7. The molecule has 0 aromatic carbocycles. The van der Waals surface area contributed by atoms with E-state index in [-0.39, 0.29) is 5.56 Å². The van der Waals surface area contributed by atoms with E-state index in [1.165, 1.54) is 12.3 Å². The first-order chi connectivity index (χ1) is 7.86. The Labute approximate surface area is 94.0 Å². The van der Waals surface area contributed by atoms with Gasteiger partial charge in [-0.05, 0) is 6.07 Å². The zero-order chi connectivity index (χ0) is 13.4. The maximum absolute atomic E-state index is 10.2. The van der Waals surface area contributed by atoms with Gasteiger partial charge in [-0.25, -0.2) is 14.7 Å². The largest absolute Gasteiger partial charge is 0.479 e. The number of aliphatic carboxylic acids is 2. The number of nitrogens with zero attached hydrogens (tertiary/aromatic N) is 1. The van der Waals surface area contributed by atoms with E-state index >= 15 is 0 Å². The zero-order valence-electron chi connectivity index (χ0n) is 8.35. The molecule has 0 saturated carbocycles. The molecule has 9 nitrogen and oxygen atoms in total. The van der Waals surface area contributed by atoms with Crippen molar-refractivity contribution < 1.29 is 30.0 Å². The highest BCUT2D eigenvalue weighted by molar-refractivity contribution is 5.83. The average molecular weight is 246 g/mol. The summed E-state index contributed by atoms with van der Waals surface area (Å²) in [6, 6.07) is 2.99. The summed E-state index contributed by atoms with van der Waals surface area (Å²) < 4.78 is 0. The van der Waals surface area contributed by atoms with Gasteiger partial charge in [0.05, 0.1) is 0 Å². The third-order valence-electron chi connectivity index (χ3n) is 1.39. The monoisotopic (exact) mass is 246 g/mol. The zero-order valence-corrected chi connectivity index (χ0v) is 8.35. The number of H-pyrrole nitrogens is 1. The van der Waals surface area contributed by atoms with Crippen LogP contribution in [0.25, 0.3) is 0 Å². The fraction of sp³-hybridized carbons (Fsp3) is 0.250. The normalized spacial score (nSPS) is 12.8. The highest BCUT2D eigenvalue weighted by atomic mass is 16.4. The molecule has 0 aliphatic carbocycles. The molecule has 94 valence electrons. The van der Waals surface area contributed by atoms with Crippen LogP contribution in [0.15, 0.2) is 23.1 Å². The van der Waals surface area contributed by atoms with E-state index in [2.05, 4.69) is 10.2 Å². The van der Waals surface area contributed by atoms with Gasteiger partial charge in [-0.1, -0.05) is 0 Å². The molecule has 0 saturated heterocycles. The SMILES string of the molecule is O=C(O)C(O)C(O)C(=O)O.O=c1cccn[nH]1. The molecule has 0 bridgehead atoms. The van der Waals surface area contributed by atoms with Crippen molar-refractivity contribution in [2.45, 2.75) is 12.2 Å². The van der Waals surface area contributed by atoms with Crippen molar-refractivity contribution in [1.82, 2.24) is 10.2 Å². The molecule has 1 rings (SSSR count). The first-order valence-electron chi connectivity index (χ1n) is 4.17. The standard InChI is InChI=1S/C4H4N2O.C4H6O6/c7-4-2-1-3-5-6-4;5-1(3(7)8)2(6)4(9)10/h1-3H,(H,6,7);1-2,5-6H,(H,7,8)(H,9,10). The second-order valence-electron chi connectivity index (χ2n) is 2.68. The molecule has 1 aromatic rings. The van der Waals surface area contributed by atoms with Crippen molar-refractivity contribution in [2.75, 3.05) is 0 Å². The minimum Gasteiger partial charge on any atom is -0.479 e. The Kier molecular flexibility index (Phi) is 6.14. The third kappa shape index (κ3) is 6.02. The maximum Gasteiger partial charge on any atom is 0.335 e. The maximum atomic E-state index is 10.2. The fourth-order valence-electron chi connectivity index (χ4n) is 0.582. The van der Waals surface area contributed by atoms with Gasteiger partial charge >= 0.3 is 11.9 Å². The minimum absolute atomic E-state index is 0.164. The van der Waals surface area contributed by atoms with E-state index in [4.69, 9.17) is 20.4 Å². The lowest BCUT2D eigenvalue weighted by Gasteiger charge is -2.07. The number of aliphatic hydroxyl groups excluding tert-OH is 2. The van der Waals surface area contributed by atoms with Crippen LogP contribution in [0.4, 0.5) is 0 Å². The van der Waals surface area contributed by atoms with E-state index in [0.717, 1.165) is 0 Å². The molecular weight excluding hydrogens is 236 g/mol. The second kappa shape index (κ2) is 7.09. The molecule has 0 aliphatic rings. The van der Waals surface area contributed by atoms with E-state index in [1.807, 2.05) is 0 Å². The van der Waals surface area contributed by atoms with Crippen LogP contribution in [0.1, 0.15) is 0 Å². The van der Waals surface area contributed by atoms with Crippen LogP contribution in [-0.4, -0.2) is 54.8 Å². The van der Waals surface area contributed by atoms with Crippen LogP contribution in [0, 0.1) is 0 Å². The Morgan fingerprint density at radius 3 is 1.82 bits per heavy atom. The number of carboxylic acid groups (broad SMARTS) is 2. The van der Waals surface area contributed by atoms with Gasteiger partial charge in [-0.3, -0.25) is 4.79 Å². The van der Waals surface area contributed by atoms with Crippen LogP contribution in [0.3, 0.4) is 0 Å². The number of aromatic nitrogens is 2. The summed E-state index contributed by atoms with van der Waals surface area (Å²) in [5, 5.41) is 38.2. The molecule has 1 aromatic heterocycles. The summed E-state index contributed by atoms with van der Waals surface area (Å²) >= 11 is 0. The van der Waals surface area contributed by atoms with Crippen molar-refractivity contribution in [1.29, 1.82) is 0 Å². The Morgan fingerprint density at radius 1 is 1.18 bits per heavy atom. The average Bonchev–Trinajstić information content (AvgIpc) is 2.28. The molecule has 0 spiro atoms. The van der Waals surface area contributed by atoms with Crippen LogP contribution in [-0.2, 0) is 9.59 Å². The van der Waals surface area contributed by atoms with Gasteiger partial charge in [0.15, 0.2) is 12.2 Å². The number of carbonyl (C=O) groups is 2. The van der Waals surface area contributed by atoms with Gasteiger partial charge in [-0.15, -0.1) is 0 Å². The molecule has 5 N–H and O–H groups in total. The van der Waals surface area contributed by atoms with Crippen LogP contribution in [0.2, 0.25) is 0 Å². The van der Waals surface area contributed by atoms with Crippen LogP contribution in [0.5, 0.6) is 0 Å². The number of rotatable bonds is 3. The molecule has 2 unspecified atom stereocenters. The summed E-state index contributed by atoms with van der Waals surface area (Å²) in [7, 11) is 0. The molecule has 0 fully saturated rings. The summed E-state index contributed by atoms with van der Waals surface area (Å²) in [6.07, 6.45) is -3.02. The quantitative estimate of drug-likeness (QED) is 0.396. The Morgan fingerprint density at radius 2 is 1.65 bits per heavy atom. The second-order valence-corrected chi connectivity index (χ2v) is 2.68. The molecule has 0 radical (unpaired) electrons. The van der Waals surface area contributed by atoms with Gasteiger partial charge in [0.25, 0.3) is 5.56 Å². The molecule has 0 aliphatic heterocycles.